The Kier molecular flexibility index (Phi) is 4.02. The molecule has 0 heterocycles. The number of amides is 1. The van der Waals surface area contributed by atoms with Crippen LogP contribution in [0.1, 0.15) is 22.3 Å². The lowest BCUT2D eigenvalue weighted by Crippen LogP contribution is -2.25. The van der Waals surface area contributed by atoms with Gasteiger partial charge < -0.3 is 15.2 Å². The van der Waals surface area contributed by atoms with Crippen molar-refractivity contribution in [3.8, 4) is 0 Å². The van der Waals surface area contributed by atoms with Crippen LogP contribution < -0.4 is 5.32 Å². The second kappa shape index (κ2) is 5.73. The molecule has 0 spiro atoms. The maximum Gasteiger partial charge on any atom is 0.337 e. The molecule has 6 nitrogen and oxygen atoms in total. The van der Waals surface area contributed by atoms with Gasteiger partial charge in [-0.05, 0) is 24.1 Å². The minimum absolute atomic E-state index is 0.241. The van der Waals surface area contributed by atoms with E-state index < -0.39 is 23.8 Å². The number of benzene rings is 1. The molecule has 20 heavy (non-hydrogen) atoms. The zero-order valence-corrected chi connectivity index (χ0v) is 11.0. The Balaban J connectivity index is 1.84. The summed E-state index contributed by atoms with van der Waals surface area (Å²) in [5.41, 5.74) is 1.27. The maximum atomic E-state index is 11.7. The molecule has 2 rings (SSSR count). The molecular weight excluding hydrogens is 262 g/mol. The Morgan fingerprint density at radius 1 is 1.25 bits per heavy atom. The number of carbonyl (C=O) groups is 3. The van der Waals surface area contributed by atoms with Crippen LogP contribution in [-0.2, 0) is 20.9 Å². The normalized spacial score (nSPS) is 20.1. The van der Waals surface area contributed by atoms with E-state index in [0.717, 1.165) is 5.56 Å². The van der Waals surface area contributed by atoms with E-state index in [2.05, 4.69) is 10.1 Å². The Labute approximate surface area is 115 Å². The molecule has 1 amide bonds. The second-order valence-electron chi connectivity index (χ2n) is 4.69. The molecule has 0 aliphatic heterocycles. The molecule has 2 unspecified atom stereocenters. The van der Waals surface area contributed by atoms with E-state index in [-0.39, 0.29) is 5.91 Å². The first-order chi connectivity index (χ1) is 9.52. The molecule has 0 saturated heterocycles. The lowest BCUT2D eigenvalue weighted by Gasteiger charge is -2.05. The third kappa shape index (κ3) is 3.14. The van der Waals surface area contributed by atoms with Gasteiger partial charge in [0.1, 0.15) is 0 Å². The Morgan fingerprint density at radius 3 is 2.40 bits per heavy atom. The Bertz CT molecular complexity index is 537. The third-order valence-electron chi connectivity index (χ3n) is 3.29. The Hall–Kier alpha value is -2.37. The highest BCUT2D eigenvalue weighted by Gasteiger charge is 2.48. The number of ether oxygens (including phenoxy) is 1. The van der Waals surface area contributed by atoms with Gasteiger partial charge in [0.15, 0.2) is 0 Å². The molecule has 2 atom stereocenters. The molecular formula is C14H15NO5. The number of methoxy groups -OCH3 is 1. The summed E-state index contributed by atoms with van der Waals surface area (Å²) in [5.74, 6) is -2.54. The van der Waals surface area contributed by atoms with Gasteiger partial charge in [-0.3, -0.25) is 9.59 Å². The number of hydrogen-bond donors (Lipinski definition) is 2. The van der Waals surface area contributed by atoms with Crippen molar-refractivity contribution in [2.24, 2.45) is 11.8 Å². The topological polar surface area (TPSA) is 92.7 Å². The first-order valence-corrected chi connectivity index (χ1v) is 6.20. The van der Waals surface area contributed by atoms with Crippen LogP contribution in [0.15, 0.2) is 24.3 Å². The van der Waals surface area contributed by atoms with Crippen molar-refractivity contribution in [2.75, 3.05) is 7.11 Å². The van der Waals surface area contributed by atoms with E-state index in [1.165, 1.54) is 7.11 Å². The van der Waals surface area contributed by atoms with E-state index in [9.17, 15) is 14.4 Å². The smallest absolute Gasteiger partial charge is 0.337 e. The highest BCUT2D eigenvalue weighted by molar-refractivity contribution is 5.90. The van der Waals surface area contributed by atoms with Gasteiger partial charge >= 0.3 is 11.9 Å². The molecule has 106 valence electrons. The van der Waals surface area contributed by atoms with Crippen LogP contribution >= 0.6 is 0 Å². The van der Waals surface area contributed by atoms with Gasteiger partial charge in [-0.1, -0.05) is 12.1 Å². The van der Waals surface area contributed by atoms with Crippen LogP contribution in [0.5, 0.6) is 0 Å². The zero-order chi connectivity index (χ0) is 14.7. The SMILES string of the molecule is COC(=O)c1ccc(CNC(=O)C2CC2C(=O)O)cc1. The molecule has 0 bridgehead atoms. The van der Waals surface area contributed by atoms with Gasteiger partial charge in [-0.25, -0.2) is 4.79 Å². The monoisotopic (exact) mass is 277 g/mol. The van der Waals surface area contributed by atoms with Crippen molar-refractivity contribution in [1.82, 2.24) is 5.32 Å². The minimum Gasteiger partial charge on any atom is -0.481 e. The van der Waals surface area contributed by atoms with Crippen molar-refractivity contribution in [3.63, 3.8) is 0 Å². The first kappa shape index (κ1) is 14.0. The summed E-state index contributed by atoms with van der Waals surface area (Å²) in [6, 6.07) is 6.66. The van der Waals surface area contributed by atoms with Crippen molar-refractivity contribution in [1.29, 1.82) is 0 Å². The van der Waals surface area contributed by atoms with Crippen LogP contribution in [0.25, 0.3) is 0 Å². The van der Waals surface area contributed by atoms with Gasteiger partial charge in [-0.15, -0.1) is 0 Å². The number of nitrogens with one attached hydrogen (secondary N) is 1. The summed E-state index contributed by atoms with van der Waals surface area (Å²) in [5, 5.41) is 11.4. The first-order valence-electron chi connectivity index (χ1n) is 6.20. The fourth-order valence-corrected chi connectivity index (χ4v) is 1.95. The van der Waals surface area contributed by atoms with Gasteiger partial charge in [0.05, 0.1) is 24.5 Å². The maximum absolute atomic E-state index is 11.7. The Morgan fingerprint density at radius 2 is 1.90 bits per heavy atom. The molecule has 1 fully saturated rings. The molecule has 1 aromatic carbocycles. The number of aliphatic carboxylic acids is 1. The standard InChI is InChI=1S/C14H15NO5/c1-20-14(19)9-4-2-8(3-5-9)7-15-12(16)10-6-11(10)13(17)18/h2-5,10-11H,6-7H2,1H3,(H,15,16)(H,17,18). The summed E-state index contributed by atoms with van der Waals surface area (Å²) in [4.78, 5) is 33.6. The lowest BCUT2D eigenvalue weighted by atomic mass is 10.1. The zero-order valence-electron chi connectivity index (χ0n) is 11.0. The molecule has 1 aliphatic carbocycles. The summed E-state index contributed by atoms with van der Waals surface area (Å²) in [7, 11) is 1.31. The predicted octanol–water partition coefficient (Wildman–Crippen LogP) is 0.810. The third-order valence-corrected chi connectivity index (χ3v) is 3.29. The predicted molar refractivity (Wildman–Crippen MR) is 68.9 cm³/mol. The molecule has 0 aromatic heterocycles. The summed E-state index contributed by atoms with van der Waals surface area (Å²) in [6.07, 6.45) is 0.405. The van der Waals surface area contributed by atoms with E-state index >= 15 is 0 Å². The van der Waals surface area contributed by atoms with Gasteiger partial charge in [0.2, 0.25) is 5.91 Å². The van der Waals surface area contributed by atoms with Gasteiger partial charge in [-0.2, -0.15) is 0 Å². The number of carboxylic acids is 1. The number of rotatable bonds is 5. The van der Waals surface area contributed by atoms with E-state index in [0.29, 0.717) is 18.5 Å². The van der Waals surface area contributed by atoms with Crippen LogP contribution in [-0.4, -0.2) is 30.1 Å². The van der Waals surface area contributed by atoms with Gasteiger partial charge in [0.25, 0.3) is 0 Å². The second-order valence-corrected chi connectivity index (χ2v) is 4.69. The number of carboxylic acid groups (broad SMARTS) is 1. The van der Waals surface area contributed by atoms with Crippen LogP contribution in [0.3, 0.4) is 0 Å². The van der Waals surface area contributed by atoms with E-state index in [1.807, 2.05) is 0 Å². The lowest BCUT2D eigenvalue weighted by molar-refractivity contribution is -0.140. The van der Waals surface area contributed by atoms with E-state index in [4.69, 9.17) is 5.11 Å². The fourth-order valence-electron chi connectivity index (χ4n) is 1.95. The number of hydrogen-bond acceptors (Lipinski definition) is 4. The van der Waals surface area contributed by atoms with Crippen molar-refractivity contribution in [2.45, 2.75) is 13.0 Å². The minimum atomic E-state index is -0.924. The highest BCUT2D eigenvalue weighted by atomic mass is 16.5. The molecule has 2 N–H and O–H groups in total. The van der Waals surface area contributed by atoms with Gasteiger partial charge in [0, 0.05) is 6.54 Å². The quantitative estimate of drug-likeness (QED) is 0.777. The van der Waals surface area contributed by atoms with E-state index in [1.54, 1.807) is 24.3 Å². The van der Waals surface area contributed by atoms with Crippen molar-refractivity contribution >= 4 is 17.8 Å². The summed E-state index contributed by atoms with van der Waals surface area (Å²) in [6.45, 7) is 0.309. The summed E-state index contributed by atoms with van der Waals surface area (Å²) >= 11 is 0. The molecule has 1 aliphatic rings. The molecule has 0 radical (unpaired) electrons. The molecule has 1 saturated carbocycles. The largest absolute Gasteiger partial charge is 0.481 e. The van der Waals surface area contributed by atoms with Crippen LogP contribution in [0, 0.1) is 11.8 Å². The number of carbonyl (C=O) groups excluding carboxylic acids is 2. The fraction of sp³-hybridized carbons (Fsp3) is 0.357. The highest BCUT2D eigenvalue weighted by Crippen LogP contribution is 2.38. The average molecular weight is 277 g/mol. The van der Waals surface area contributed by atoms with Crippen LogP contribution in [0.2, 0.25) is 0 Å². The summed E-state index contributed by atoms with van der Waals surface area (Å²) < 4.78 is 4.58. The number of esters is 1. The molecule has 1 aromatic rings. The average Bonchev–Trinajstić information content (AvgIpc) is 3.25. The van der Waals surface area contributed by atoms with Crippen molar-refractivity contribution in [3.05, 3.63) is 35.4 Å². The van der Waals surface area contributed by atoms with Crippen LogP contribution in [0.4, 0.5) is 0 Å². The van der Waals surface area contributed by atoms with Crippen molar-refractivity contribution < 1.29 is 24.2 Å². The molecule has 6 heteroatoms.